The zero-order valence-corrected chi connectivity index (χ0v) is 19.0. The van der Waals surface area contributed by atoms with E-state index >= 15 is 0 Å². The SMILES string of the molecule is O=C(c1cc([N+](=O)[O-])ccc1OC1CC2CCC1C2)N1CCN(c2ccc(C(F)(F)F)cc2)CC1. The van der Waals surface area contributed by atoms with Gasteiger partial charge in [0.15, 0.2) is 0 Å². The van der Waals surface area contributed by atoms with Gasteiger partial charge in [0.2, 0.25) is 0 Å². The topological polar surface area (TPSA) is 75.9 Å². The van der Waals surface area contributed by atoms with Gasteiger partial charge in [0.25, 0.3) is 11.6 Å². The number of rotatable bonds is 5. The first-order chi connectivity index (χ1) is 16.7. The monoisotopic (exact) mass is 489 g/mol. The highest BCUT2D eigenvalue weighted by molar-refractivity contribution is 5.97. The molecule has 2 aliphatic carbocycles. The van der Waals surface area contributed by atoms with Crippen LogP contribution in [0.5, 0.6) is 5.75 Å². The minimum Gasteiger partial charge on any atom is -0.489 e. The fourth-order valence-electron chi connectivity index (χ4n) is 5.59. The third-order valence-corrected chi connectivity index (χ3v) is 7.48. The van der Waals surface area contributed by atoms with Crippen molar-refractivity contribution in [3.05, 3.63) is 63.7 Å². The first kappa shape index (κ1) is 23.4. The molecule has 1 amide bonds. The number of non-ortho nitro benzene ring substituents is 1. The molecule has 186 valence electrons. The number of piperazine rings is 1. The molecule has 2 aromatic rings. The van der Waals surface area contributed by atoms with Crippen molar-refractivity contribution in [2.45, 2.75) is 38.0 Å². The van der Waals surface area contributed by atoms with Crippen molar-refractivity contribution in [3.8, 4) is 5.75 Å². The molecule has 7 nitrogen and oxygen atoms in total. The minimum atomic E-state index is -4.39. The number of hydrogen-bond donors (Lipinski definition) is 0. The highest BCUT2D eigenvalue weighted by atomic mass is 19.4. The number of hydrogen-bond acceptors (Lipinski definition) is 5. The van der Waals surface area contributed by atoms with Gasteiger partial charge in [-0.05, 0) is 67.9 Å². The van der Waals surface area contributed by atoms with E-state index in [0.29, 0.717) is 49.5 Å². The van der Waals surface area contributed by atoms with Crippen molar-refractivity contribution < 1.29 is 27.6 Å². The van der Waals surface area contributed by atoms with Crippen LogP contribution in [-0.2, 0) is 6.18 Å². The van der Waals surface area contributed by atoms with Crippen molar-refractivity contribution >= 4 is 17.3 Å². The van der Waals surface area contributed by atoms with Crippen LogP contribution in [0.4, 0.5) is 24.5 Å². The number of carbonyl (C=O) groups is 1. The van der Waals surface area contributed by atoms with E-state index in [1.165, 1.54) is 36.8 Å². The van der Waals surface area contributed by atoms with Crippen LogP contribution >= 0.6 is 0 Å². The summed E-state index contributed by atoms with van der Waals surface area (Å²) >= 11 is 0. The Kier molecular flexibility index (Phi) is 6.06. The lowest BCUT2D eigenvalue weighted by molar-refractivity contribution is -0.384. The number of nitro benzene ring substituents is 1. The largest absolute Gasteiger partial charge is 0.489 e. The van der Waals surface area contributed by atoms with Gasteiger partial charge in [0.1, 0.15) is 11.9 Å². The van der Waals surface area contributed by atoms with Crippen molar-refractivity contribution in [1.82, 2.24) is 4.90 Å². The van der Waals surface area contributed by atoms with Crippen LogP contribution in [0.3, 0.4) is 0 Å². The number of alkyl halides is 3. The second-order valence-corrected chi connectivity index (χ2v) is 9.59. The predicted molar refractivity (Wildman–Crippen MR) is 123 cm³/mol. The molecule has 1 saturated heterocycles. The van der Waals surface area contributed by atoms with Crippen LogP contribution in [-0.4, -0.2) is 48.0 Å². The molecule has 0 aromatic heterocycles. The summed E-state index contributed by atoms with van der Waals surface area (Å²) in [5.74, 6) is 1.16. The standard InChI is InChI=1S/C25H26F3N3O4/c26-25(27,28)18-3-5-19(6-4-18)29-9-11-30(12-10-29)24(32)21-15-20(31(33)34)7-8-22(21)35-23-14-16-1-2-17(23)13-16/h3-8,15-17,23H,1-2,9-14H2. The fraction of sp³-hybridized carbons (Fsp3) is 0.480. The van der Waals surface area contributed by atoms with Gasteiger partial charge in [-0.2, -0.15) is 13.2 Å². The predicted octanol–water partition coefficient (Wildman–Crippen LogP) is 5.14. The van der Waals surface area contributed by atoms with E-state index in [2.05, 4.69) is 0 Å². The molecular formula is C25H26F3N3O4. The van der Waals surface area contributed by atoms with E-state index < -0.39 is 16.7 Å². The highest BCUT2D eigenvalue weighted by Crippen LogP contribution is 2.46. The Morgan fingerprint density at radius 3 is 2.29 bits per heavy atom. The minimum absolute atomic E-state index is 0.0262. The third kappa shape index (κ3) is 4.78. The molecule has 5 rings (SSSR count). The molecule has 2 bridgehead atoms. The number of benzene rings is 2. The van der Waals surface area contributed by atoms with Gasteiger partial charge >= 0.3 is 6.18 Å². The van der Waals surface area contributed by atoms with Gasteiger partial charge < -0.3 is 14.5 Å². The molecule has 1 heterocycles. The maximum absolute atomic E-state index is 13.4. The number of anilines is 1. The molecule has 3 fully saturated rings. The summed E-state index contributed by atoms with van der Waals surface area (Å²) in [4.78, 5) is 27.8. The third-order valence-electron chi connectivity index (χ3n) is 7.48. The molecule has 3 atom stereocenters. The van der Waals surface area contributed by atoms with Gasteiger partial charge in [-0.3, -0.25) is 14.9 Å². The zero-order chi connectivity index (χ0) is 24.7. The Labute approximate surface area is 200 Å². The first-order valence-corrected chi connectivity index (χ1v) is 11.9. The number of amides is 1. The van der Waals surface area contributed by atoms with Crippen molar-refractivity contribution in [1.29, 1.82) is 0 Å². The van der Waals surface area contributed by atoms with Gasteiger partial charge in [-0.25, -0.2) is 0 Å². The molecule has 10 heteroatoms. The normalized spacial score (nSPS) is 24.0. The van der Waals surface area contributed by atoms with Crippen LogP contribution in [0.1, 0.15) is 41.6 Å². The van der Waals surface area contributed by atoms with Crippen molar-refractivity contribution in [3.63, 3.8) is 0 Å². The summed E-state index contributed by atoms with van der Waals surface area (Å²) < 4.78 is 44.8. The molecule has 3 aliphatic rings. The number of nitrogens with zero attached hydrogens (tertiary/aromatic N) is 3. The van der Waals surface area contributed by atoms with Crippen molar-refractivity contribution in [2.75, 3.05) is 31.1 Å². The molecule has 1 aliphatic heterocycles. The van der Waals surface area contributed by atoms with Crippen LogP contribution in [0.15, 0.2) is 42.5 Å². The molecule has 2 saturated carbocycles. The zero-order valence-electron chi connectivity index (χ0n) is 19.0. The number of halogens is 3. The fourth-order valence-corrected chi connectivity index (χ4v) is 5.59. The summed E-state index contributed by atoms with van der Waals surface area (Å²) in [7, 11) is 0. The maximum atomic E-state index is 13.4. The summed E-state index contributed by atoms with van der Waals surface area (Å²) in [6.45, 7) is 1.56. The number of nitro groups is 1. The maximum Gasteiger partial charge on any atom is 0.416 e. The quantitative estimate of drug-likeness (QED) is 0.429. The van der Waals surface area contributed by atoms with E-state index in [0.717, 1.165) is 31.4 Å². The molecule has 3 unspecified atom stereocenters. The Bertz CT molecular complexity index is 1110. The number of ether oxygens (including phenoxy) is 1. The van der Waals surface area contributed by atoms with Gasteiger partial charge in [0.05, 0.1) is 16.1 Å². The second kappa shape index (κ2) is 9.05. The Morgan fingerprint density at radius 1 is 1.00 bits per heavy atom. The van der Waals surface area contributed by atoms with Crippen LogP contribution in [0.25, 0.3) is 0 Å². The first-order valence-electron chi connectivity index (χ1n) is 11.9. The van der Waals surface area contributed by atoms with E-state index in [9.17, 15) is 28.1 Å². The lowest BCUT2D eigenvalue weighted by atomic mass is 9.97. The van der Waals surface area contributed by atoms with Gasteiger partial charge in [-0.1, -0.05) is 0 Å². The highest BCUT2D eigenvalue weighted by Gasteiger charge is 2.41. The summed E-state index contributed by atoms with van der Waals surface area (Å²) in [5, 5.41) is 11.4. The van der Waals surface area contributed by atoms with E-state index in [4.69, 9.17) is 4.74 Å². The Hall–Kier alpha value is -3.30. The molecule has 0 N–H and O–H groups in total. The molecule has 0 spiro atoms. The van der Waals surface area contributed by atoms with E-state index in [1.807, 2.05) is 4.90 Å². The summed E-state index contributed by atoms with van der Waals surface area (Å²) in [5.41, 5.74) is -0.0357. The second-order valence-electron chi connectivity index (χ2n) is 9.59. The molecule has 2 aromatic carbocycles. The summed E-state index contributed by atoms with van der Waals surface area (Å²) in [6.07, 6.45) is 0.0311. The molecular weight excluding hydrogens is 463 g/mol. The van der Waals surface area contributed by atoms with Gasteiger partial charge in [-0.15, -0.1) is 0 Å². The Balaban J connectivity index is 1.29. The Morgan fingerprint density at radius 2 is 1.71 bits per heavy atom. The average Bonchev–Trinajstić information content (AvgIpc) is 3.47. The van der Waals surface area contributed by atoms with Crippen LogP contribution in [0, 0.1) is 22.0 Å². The average molecular weight is 489 g/mol. The van der Waals surface area contributed by atoms with E-state index in [1.54, 1.807) is 4.90 Å². The molecule has 35 heavy (non-hydrogen) atoms. The lowest BCUT2D eigenvalue weighted by Crippen LogP contribution is -2.49. The number of carbonyl (C=O) groups excluding carboxylic acids is 1. The van der Waals surface area contributed by atoms with Crippen LogP contribution < -0.4 is 9.64 Å². The van der Waals surface area contributed by atoms with Crippen molar-refractivity contribution in [2.24, 2.45) is 11.8 Å². The van der Waals surface area contributed by atoms with Gasteiger partial charge in [0, 0.05) is 44.0 Å². The summed E-state index contributed by atoms with van der Waals surface area (Å²) in [6, 6.07) is 9.14. The number of fused-ring (bicyclic) bond motifs is 2. The van der Waals surface area contributed by atoms with Crippen LogP contribution in [0.2, 0.25) is 0 Å². The molecule has 0 radical (unpaired) electrons. The smallest absolute Gasteiger partial charge is 0.416 e. The van der Waals surface area contributed by atoms with E-state index in [-0.39, 0.29) is 23.3 Å². The lowest BCUT2D eigenvalue weighted by Gasteiger charge is -2.36.